The highest BCUT2D eigenvalue weighted by atomic mass is 19.1. The van der Waals surface area contributed by atoms with Gasteiger partial charge >= 0.3 is 0 Å². The van der Waals surface area contributed by atoms with Gasteiger partial charge in [-0.05, 0) is 61.2 Å². The lowest BCUT2D eigenvalue weighted by atomic mass is 9.96. The Hall–Kier alpha value is -1.74. The Morgan fingerprint density at radius 3 is 2.19 bits per heavy atom. The van der Waals surface area contributed by atoms with Gasteiger partial charge in [-0.25, -0.2) is 8.78 Å². The molecule has 0 bridgehead atoms. The summed E-state index contributed by atoms with van der Waals surface area (Å²) in [5.41, 5.74) is 4.28. The Kier molecular flexibility index (Phi) is 5.07. The van der Waals surface area contributed by atoms with Gasteiger partial charge in [-0.1, -0.05) is 25.1 Å². The van der Waals surface area contributed by atoms with Crippen LogP contribution in [-0.2, 0) is 6.42 Å². The molecule has 0 aliphatic rings. The highest BCUT2D eigenvalue weighted by Gasteiger charge is 2.14. The van der Waals surface area contributed by atoms with Crippen molar-refractivity contribution in [1.29, 1.82) is 0 Å². The lowest BCUT2D eigenvalue weighted by molar-refractivity contribution is 0.529. The fourth-order valence-corrected chi connectivity index (χ4v) is 2.50. The number of nitrogens with one attached hydrogen (secondary N) is 1. The number of aryl methyl sites for hydroxylation is 2. The predicted octanol–water partition coefficient (Wildman–Crippen LogP) is 4.47. The van der Waals surface area contributed by atoms with Crippen molar-refractivity contribution in [1.82, 2.24) is 5.32 Å². The molecule has 0 aromatic heterocycles. The summed E-state index contributed by atoms with van der Waals surface area (Å²) in [6.07, 6.45) is 0.706. The average Bonchev–Trinajstić information content (AvgIpc) is 2.41. The summed E-state index contributed by atoms with van der Waals surface area (Å²) in [5.74, 6) is -1.07. The number of hydrogen-bond acceptors (Lipinski definition) is 1. The summed E-state index contributed by atoms with van der Waals surface area (Å²) < 4.78 is 26.8. The van der Waals surface area contributed by atoms with Gasteiger partial charge in [0.2, 0.25) is 0 Å². The molecule has 0 spiro atoms. The smallest absolute Gasteiger partial charge is 0.126 e. The second kappa shape index (κ2) is 6.81. The molecule has 0 saturated carbocycles. The fourth-order valence-electron chi connectivity index (χ4n) is 2.50. The number of halogens is 2. The monoisotopic (exact) mass is 289 g/mol. The van der Waals surface area contributed by atoms with E-state index < -0.39 is 11.6 Å². The first-order chi connectivity index (χ1) is 9.99. The van der Waals surface area contributed by atoms with Gasteiger partial charge in [0.05, 0.1) is 0 Å². The van der Waals surface area contributed by atoms with E-state index in [4.69, 9.17) is 0 Å². The zero-order valence-corrected chi connectivity index (χ0v) is 12.7. The molecule has 0 aliphatic carbocycles. The normalized spacial score (nSPS) is 12.4. The molecule has 1 atom stereocenters. The van der Waals surface area contributed by atoms with Crippen LogP contribution in [0, 0.1) is 25.5 Å². The molecule has 0 radical (unpaired) electrons. The zero-order chi connectivity index (χ0) is 15.4. The van der Waals surface area contributed by atoms with Crippen molar-refractivity contribution in [3.8, 4) is 0 Å². The van der Waals surface area contributed by atoms with Crippen LogP contribution in [0.3, 0.4) is 0 Å². The van der Waals surface area contributed by atoms with E-state index in [0.717, 1.165) is 18.2 Å². The van der Waals surface area contributed by atoms with Crippen LogP contribution in [0.25, 0.3) is 0 Å². The van der Waals surface area contributed by atoms with E-state index in [1.807, 2.05) is 6.92 Å². The van der Waals surface area contributed by atoms with Crippen LogP contribution >= 0.6 is 0 Å². The summed E-state index contributed by atoms with van der Waals surface area (Å²) in [7, 11) is 0. The molecule has 0 aliphatic heterocycles. The molecule has 2 rings (SSSR count). The molecular formula is C18H21F2N. The summed E-state index contributed by atoms with van der Waals surface area (Å²) >= 11 is 0. The number of benzene rings is 2. The van der Waals surface area contributed by atoms with Gasteiger partial charge in [0.15, 0.2) is 0 Å². The minimum atomic E-state index is -0.534. The van der Waals surface area contributed by atoms with Crippen LogP contribution in [0.1, 0.15) is 35.2 Å². The van der Waals surface area contributed by atoms with Crippen molar-refractivity contribution in [3.63, 3.8) is 0 Å². The predicted molar refractivity (Wildman–Crippen MR) is 82.4 cm³/mol. The Labute approximate surface area is 125 Å². The van der Waals surface area contributed by atoms with E-state index in [9.17, 15) is 8.78 Å². The van der Waals surface area contributed by atoms with Crippen molar-refractivity contribution in [2.45, 2.75) is 33.2 Å². The van der Waals surface area contributed by atoms with Crippen molar-refractivity contribution in [2.24, 2.45) is 0 Å². The van der Waals surface area contributed by atoms with Crippen LogP contribution in [0.5, 0.6) is 0 Å². The maximum Gasteiger partial charge on any atom is 0.126 e. The second-order valence-corrected chi connectivity index (χ2v) is 5.44. The molecule has 2 aromatic rings. The molecule has 21 heavy (non-hydrogen) atoms. The molecule has 112 valence electrons. The molecule has 0 saturated heterocycles. The third-order valence-electron chi connectivity index (χ3n) is 3.75. The van der Waals surface area contributed by atoms with Gasteiger partial charge in [0.1, 0.15) is 11.6 Å². The lowest BCUT2D eigenvalue weighted by Gasteiger charge is -2.19. The van der Waals surface area contributed by atoms with E-state index >= 15 is 0 Å². The molecule has 1 nitrogen and oxygen atoms in total. The van der Waals surface area contributed by atoms with Crippen molar-refractivity contribution >= 4 is 0 Å². The van der Waals surface area contributed by atoms with Gasteiger partial charge in [0.25, 0.3) is 0 Å². The largest absolute Gasteiger partial charge is 0.310 e. The zero-order valence-electron chi connectivity index (χ0n) is 12.7. The number of hydrogen-bond donors (Lipinski definition) is 1. The second-order valence-electron chi connectivity index (χ2n) is 5.44. The average molecular weight is 289 g/mol. The van der Waals surface area contributed by atoms with Crippen molar-refractivity contribution in [3.05, 3.63) is 70.3 Å². The van der Waals surface area contributed by atoms with Gasteiger partial charge in [0, 0.05) is 12.1 Å². The number of likely N-dealkylation sites (N-methyl/N-ethyl adjacent to an activating group) is 1. The first-order valence-corrected chi connectivity index (χ1v) is 7.25. The highest BCUT2D eigenvalue weighted by Crippen LogP contribution is 2.22. The highest BCUT2D eigenvalue weighted by molar-refractivity contribution is 5.32. The van der Waals surface area contributed by atoms with Gasteiger partial charge in [-0.3, -0.25) is 0 Å². The van der Waals surface area contributed by atoms with E-state index in [1.165, 1.54) is 23.3 Å². The Balaban J connectivity index is 2.27. The minimum Gasteiger partial charge on any atom is -0.310 e. The van der Waals surface area contributed by atoms with Gasteiger partial charge < -0.3 is 5.32 Å². The first-order valence-electron chi connectivity index (χ1n) is 7.25. The van der Waals surface area contributed by atoms with E-state index in [0.29, 0.717) is 12.0 Å². The van der Waals surface area contributed by atoms with E-state index in [-0.39, 0.29) is 6.04 Å². The molecule has 1 unspecified atom stereocenters. The molecule has 3 heteroatoms. The van der Waals surface area contributed by atoms with E-state index in [2.05, 4.69) is 37.4 Å². The minimum absolute atomic E-state index is 0.0951. The summed E-state index contributed by atoms with van der Waals surface area (Å²) in [5, 5.41) is 3.30. The standard InChI is InChI=1S/C18H21F2N/c1-4-21-18(15-9-16(19)11-17(20)10-15)8-14-6-5-12(2)13(3)7-14/h5-7,9-11,18,21H,4,8H2,1-3H3. The van der Waals surface area contributed by atoms with Crippen LogP contribution in [-0.4, -0.2) is 6.54 Å². The Morgan fingerprint density at radius 2 is 1.62 bits per heavy atom. The van der Waals surface area contributed by atoms with Gasteiger partial charge in [-0.15, -0.1) is 0 Å². The van der Waals surface area contributed by atoms with Crippen LogP contribution < -0.4 is 5.32 Å². The quantitative estimate of drug-likeness (QED) is 0.856. The summed E-state index contributed by atoms with van der Waals surface area (Å²) in [4.78, 5) is 0. The van der Waals surface area contributed by atoms with Crippen LogP contribution in [0.4, 0.5) is 8.78 Å². The summed E-state index contributed by atoms with van der Waals surface area (Å²) in [6, 6.07) is 9.90. The molecular weight excluding hydrogens is 268 g/mol. The third kappa shape index (κ3) is 4.11. The van der Waals surface area contributed by atoms with Gasteiger partial charge in [-0.2, -0.15) is 0 Å². The molecule has 2 aromatic carbocycles. The van der Waals surface area contributed by atoms with E-state index in [1.54, 1.807) is 0 Å². The Bertz CT molecular complexity index is 602. The van der Waals surface area contributed by atoms with Crippen molar-refractivity contribution in [2.75, 3.05) is 6.54 Å². The fraction of sp³-hybridized carbons (Fsp3) is 0.333. The maximum absolute atomic E-state index is 13.4. The molecule has 0 amide bonds. The third-order valence-corrected chi connectivity index (χ3v) is 3.75. The summed E-state index contributed by atoms with van der Waals surface area (Å²) in [6.45, 7) is 6.88. The first kappa shape index (κ1) is 15.6. The van der Waals surface area contributed by atoms with Crippen molar-refractivity contribution < 1.29 is 8.78 Å². The molecule has 0 heterocycles. The van der Waals surface area contributed by atoms with Crippen LogP contribution in [0.2, 0.25) is 0 Å². The Morgan fingerprint density at radius 1 is 0.952 bits per heavy atom. The maximum atomic E-state index is 13.4. The SMILES string of the molecule is CCNC(Cc1ccc(C)c(C)c1)c1cc(F)cc(F)c1. The van der Waals surface area contributed by atoms with Crippen LogP contribution in [0.15, 0.2) is 36.4 Å². The lowest BCUT2D eigenvalue weighted by Crippen LogP contribution is -2.23. The number of rotatable bonds is 5. The molecule has 1 N–H and O–H groups in total. The molecule has 0 fully saturated rings. The topological polar surface area (TPSA) is 12.0 Å².